The van der Waals surface area contributed by atoms with Crippen molar-refractivity contribution in [1.29, 1.82) is 0 Å². The maximum Gasteiger partial charge on any atom is 0.223 e. The van der Waals surface area contributed by atoms with Crippen molar-refractivity contribution in [2.24, 2.45) is 17.3 Å². The molecule has 4 aliphatic carbocycles. The van der Waals surface area contributed by atoms with Gasteiger partial charge in [-0.3, -0.25) is 9.69 Å². The number of carbonyl (C=O) groups excluding carboxylic acids is 1. The predicted octanol–water partition coefficient (Wildman–Crippen LogP) is 2.98. The summed E-state index contributed by atoms with van der Waals surface area (Å²) >= 11 is 0. The van der Waals surface area contributed by atoms with E-state index in [1.165, 1.54) is 25.0 Å². The molecule has 158 valence electrons. The van der Waals surface area contributed by atoms with Crippen LogP contribution in [-0.2, 0) is 14.3 Å². The lowest BCUT2D eigenvalue weighted by Gasteiger charge is -2.59. The van der Waals surface area contributed by atoms with E-state index in [-0.39, 0.29) is 11.2 Å². The molecule has 5 nitrogen and oxygen atoms in total. The maximum atomic E-state index is 13.1. The van der Waals surface area contributed by atoms with Crippen LogP contribution < -0.4 is 0 Å². The minimum Gasteiger partial charge on any atom is -0.383 e. The molecule has 2 saturated heterocycles. The highest BCUT2D eigenvalue weighted by atomic mass is 16.7. The molecule has 1 N–H and O–H groups in total. The number of rotatable bonds is 6. The van der Waals surface area contributed by atoms with Crippen LogP contribution in [0.4, 0.5) is 0 Å². The Morgan fingerprint density at radius 3 is 3.00 bits per heavy atom. The third kappa shape index (κ3) is 2.45. The Morgan fingerprint density at radius 2 is 2.21 bits per heavy atom. The van der Waals surface area contributed by atoms with Crippen LogP contribution in [0.1, 0.15) is 58.3 Å². The Hall–Kier alpha value is -1.01. The number of hydrogen-bond donors (Lipinski definition) is 1. The Kier molecular flexibility index (Phi) is 4.19. The van der Waals surface area contributed by atoms with Gasteiger partial charge in [-0.05, 0) is 62.5 Å². The molecule has 0 amide bonds. The van der Waals surface area contributed by atoms with Gasteiger partial charge in [-0.25, -0.2) is 0 Å². The van der Waals surface area contributed by atoms with Gasteiger partial charge in [-0.1, -0.05) is 25.5 Å². The van der Waals surface area contributed by atoms with Crippen LogP contribution in [0.2, 0.25) is 0 Å². The average Bonchev–Trinajstić information content (AvgIpc) is 3.47. The summed E-state index contributed by atoms with van der Waals surface area (Å²) in [6.07, 6.45) is 10.9. The SMILES string of the molecule is CCCCO[C@]12O[C@H]3C(=O)CC[C@H]4[C@H]5CC(=C1[C@@]34CCN5CC1CC1)C=CC2O. The normalized spacial score (nSPS) is 45.7. The molecular weight excluding hydrogens is 366 g/mol. The molecule has 0 aromatic carbocycles. The van der Waals surface area contributed by atoms with Gasteiger partial charge in [0.25, 0.3) is 0 Å². The minimum absolute atomic E-state index is 0.212. The van der Waals surface area contributed by atoms with E-state index in [0.717, 1.165) is 50.1 Å². The number of unbranched alkanes of at least 4 members (excludes halogenated alkanes) is 1. The fraction of sp³-hybridized carbons (Fsp3) is 0.792. The number of hydrogen-bond acceptors (Lipinski definition) is 5. The molecule has 1 spiro atoms. The number of likely N-dealkylation sites (tertiary alicyclic amines) is 1. The molecule has 6 atom stereocenters. The first-order chi connectivity index (χ1) is 14.1. The van der Waals surface area contributed by atoms with Crippen LogP contribution in [0.25, 0.3) is 0 Å². The fourth-order valence-electron chi connectivity index (χ4n) is 7.18. The molecule has 2 saturated carbocycles. The van der Waals surface area contributed by atoms with Gasteiger partial charge in [0.2, 0.25) is 5.79 Å². The topological polar surface area (TPSA) is 59.0 Å². The average molecular weight is 400 g/mol. The molecule has 2 aliphatic heterocycles. The molecule has 2 heterocycles. The summed E-state index contributed by atoms with van der Waals surface area (Å²) in [4.78, 5) is 15.8. The number of Topliss-reactive ketones (excluding diaryl/α,β-unsaturated/α-hetero) is 1. The molecular formula is C24H33NO4. The molecule has 2 bridgehead atoms. The van der Waals surface area contributed by atoms with Crippen molar-refractivity contribution in [3.8, 4) is 0 Å². The third-order valence-electron chi connectivity index (χ3n) is 8.60. The van der Waals surface area contributed by atoms with Gasteiger partial charge >= 0.3 is 0 Å². The highest BCUT2D eigenvalue weighted by Gasteiger charge is 2.73. The number of allylic oxidation sites excluding steroid dienone is 1. The van der Waals surface area contributed by atoms with Crippen molar-refractivity contribution in [3.63, 3.8) is 0 Å². The number of nitrogens with zero attached hydrogens (tertiary/aromatic N) is 1. The summed E-state index contributed by atoms with van der Waals surface area (Å²) in [5.74, 6) is 0.378. The van der Waals surface area contributed by atoms with Crippen molar-refractivity contribution >= 4 is 5.78 Å². The number of ether oxygens (including phenoxy) is 2. The summed E-state index contributed by atoms with van der Waals surface area (Å²) < 4.78 is 12.9. The van der Waals surface area contributed by atoms with Gasteiger partial charge in [0.1, 0.15) is 12.2 Å². The van der Waals surface area contributed by atoms with Crippen LogP contribution >= 0.6 is 0 Å². The van der Waals surface area contributed by atoms with Gasteiger partial charge in [0.05, 0.1) is 6.61 Å². The maximum absolute atomic E-state index is 13.1. The molecule has 4 fully saturated rings. The molecule has 0 aromatic rings. The van der Waals surface area contributed by atoms with Crippen LogP contribution in [0, 0.1) is 17.3 Å². The summed E-state index contributed by atoms with van der Waals surface area (Å²) in [6, 6.07) is 0.494. The predicted molar refractivity (Wildman–Crippen MR) is 108 cm³/mol. The molecule has 29 heavy (non-hydrogen) atoms. The van der Waals surface area contributed by atoms with Gasteiger partial charge in [-0.15, -0.1) is 0 Å². The zero-order valence-corrected chi connectivity index (χ0v) is 17.4. The number of ketones is 1. The Balaban J connectivity index is 1.46. The van der Waals surface area contributed by atoms with Gasteiger partial charge < -0.3 is 14.6 Å². The van der Waals surface area contributed by atoms with Crippen LogP contribution in [-0.4, -0.2) is 59.5 Å². The van der Waals surface area contributed by atoms with Crippen molar-refractivity contribution in [1.82, 2.24) is 4.90 Å². The van der Waals surface area contributed by atoms with Crippen molar-refractivity contribution in [2.45, 2.75) is 82.3 Å². The second kappa shape index (κ2) is 6.49. The van der Waals surface area contributed by atoms with Crippen molar-refractivity contribution in [2.75, 3.05) is 19.7 Å². The van der Waals surface area contributed by atoms with Crippen LogP contribution in [0.5, 0.6) is 0 Å². The first kappa shape index (κ1) is 18.7. The largest absolute Gasteiger partial charge is 0.383 e. The number of aliphatic hydroxyl groups excluding tert-OH is 1. The molecule has 0 aromatic heterocycles. The number of aliphatic hydroxyl groups is 1. The Labute approximate surface area is 173 Å². The summed E-state index contributed by atoms with van der Waals surface area (Å²) in [7, 11) is 0. The lowest BCUT2D eigenvalue weighted by Crippen LogP contribution is -2.64. The zero-order chi connectivity index (χ0) is 19.8. The monoisotopic (exact) mass is 399 g/mol. The fourth-order valence-corrected chi connectivity index (χ4v) is 7.18. The second-order valence-corrected chi connectivity index (χ2v) is 10.2. The van der Waals surface area contributed by atoms with Gasteiger partial charge in [0, 0.05) is 30.0 Å². The Bertz CT molecular complexity index is 786. The van der Waals surface area contributed by atoms with Gasteiger partial charge in [-0.2, -0.15) is 0 Å². The zero-order valence-electron chi connectivity index (χ0n) is 17.4. The molecule has 5 heteroatoms. The minimum atomic E-state index is -1.15. The van der Waals surface area contributed by atoms with Crippen LogP contribution in [0.15, 0.2) is 23.3 Å². The highest BCUT2D eigenvalue weighted by Crippen LogP contribution is 2.67. The summed E-state index contributed by atoms with van der Waals surface area (Å²) in [6.45, 7) is 4.94. The molecule has 6 aliphatic rings. The molecule has 1 unspecified atom stereocenters. The van der Waals surface area contributed by atoms with E-state index in [1.807, 2.05) is 6.08 Å². The van der Waals surface area contributed by atoms with E-state index in [4.69, 9.17) is 9.47 Å². The van der Waals surface area contributed by atoms with Crippen LogP contribution in [0.3, 0.4) is 0 Å². The van der Waals surface area contributed by atoms with E-state index >= 15 is 0 Å². The van der Waals surface area contributed by atoms with E-state index in [9.17, 15) is 9.90 Å². The third-order valence-corrected chi connectivity index (χ3v) is 8.60. The van der Waals surface area contributed by atoms with Crippen molar-refractivity contribution < 1.29 is 19.4 Å². The Morgan fingerprint density at radius 1 is 1.34 bits per heavy atom. The van der Waals surface area contributed by atoms with E-state index in [1.54, 1.807) is 0 Å². The van der Waals surface area contributed by atoms with E-state index in [0.29, 0.717) is 25.0 Å². The van der Waals surface area contributed by atoms with E-state index in [2.05, 4.69) is 17.9 Å². The van der Waals surface area contributed by atoms with Crippen molar-refractivity contribution in [3.05, 3.63) is 23.3 Å². The molecule has 0 radical (unpaired) electrons. The number of piperidine rings is 1. The highest BCUT2D eigenvalue weighted by molar-refractivity contribution is 5.87. The summed E-state index contributed by atoms with van der Waals surface area (Å²) in [5, 5.41) is 11.1. The lowest BCUT2D eigenvalue weighted by molar-refractivity contribution is -0.247. The van der Waals surface area contributed by atoms with Gasteiger partial charge in [0.15, 0.2) is 5.78 Å². The summed E-state index contributed by atoms with van der Waals surface area (Å²) in [5.41, 5.74) is 2.14. The van der Waals surface area contributed by atoms with E-state index < -0.39 is 18.0 Å². The lowest BCUT2D eigenvalue weighted by atomic mass is 9.50. The number of carbonyl (C=O) groups is 1. The second-order valence-electron chi connectivity index (χ2n) is 10.2. The standard InChI is InChI=1S/C24H33NO4/c1-2-3-12-28-24-20(27)9-6-16-13-18-17-7-8-19(26)22(29-24)23(17,21(16)24)10-11-25(18)14-15-4-5-15/h6,9,15,17-18,20,22,27H,2-5,7-8,10-14H2,1H3/t17-,18+,20?,22-,23-,24+/m0/s1. The first-order valence-corrected chi connectivity index (χ1v) is 11.8. The first-order valence-electron chi connectivity index (χ1n) is 11.8. The molecule has 6 rings (SSSR count). The smallest absolute Gasteiger partial charge is 0.223 e. The quantitative estimate of drug-likeness (QED) is 0.696.